The molecule has 0 saturated carbocycles. The molecule has 6 aromatic carbocycles. The van der Waals surface area contributed by atoms with Gasteiger partial charge in [0.25, 0.3) is 0 Å². The zero-order valence-electron chi connectivity index (χ0n) is 35.1. The van der Waals surface area contributed by atoms with Gasteiger partial charge in [-0.3, -0.25) is 0 Å². The third kappa shape index (κ3) is 12.9. The summed E-state index contributed by atoms with van der Waals surface area (Å²) < 4.78 is 78.1. The zero-order valence-corrected chi connectivity index (χ0v) is 40.7. The Morgan fingerprint density at radius 2 is 0.561 bits per heavy atom. The minimum Gasteiger partial charge on any atom is -0.744 e. The van der Waals surface area contributed by atoms with Gasteiger partial charge in [-0.25, -0.2) is 16.8 Å². The Morgan fingerprint density at radius 1 is 0.333 bits per heavy atom. The van der Waals surface area contributed by atoms with Crippen LogP contribution in [0.5, 0.6) is 0 Å². The second-order valence-corrected chi connectivity index (χ2v) is 16.2. The van der Waals surface area contributed by atoms with Gasteiger partial charge < -0.3 is 41.0 Å². The summed E-state index contributed by atoms with van der Waals surface area (Å²) in [6.07, 6.45) is 0. The van der Waals surface area contributed by atoms with Gasteiger partial charge in [0.15, 0.2) is 0 Å². The number of aromatic nitrogens is 6. The molecule has 0 aliphatic carbocycles. The normalized spacial score (nSPS) is 11.4. The van der Waals surface area contributed by atoms with E-state index < -0.39 is 30.0 Å². The van der Waals surface area contributed by atoms with Crippen molar-refractivity contribution >= 4 is 90.1 Å². The first-order valence-electron chi connectivity index (χ1n) is 19.1. The van der Waals surface area contributed by atoms with E-state index in [-0.39, 0.29) is 117 Å². The molecule has 2 aromatic heterocycles. The van der Waals surface area contributed by atoms with Crippen LogP contribution in [0.1, 0.15) is 11.1 Å². The summed E-state index contributed by atoms with van der Waals surface area (Å²) in [5, 5.41) is 18.6. The Hall–Kier alpha value is -6.30. The van der Waals surface area contributed by atoms with E-state index in [0.29, 0.717) is 22.7 Å². The van der Waals surface area contributed by atoms with Crippen molar-refractivity contribution in [2.24, 2.45) is 0 Å². The molecule has 320 valence electrons. The SMILES string of the molecule is O=S(=O)([O-])c1ccccc1C(Nc1nc(Nc2ccccc2)nc(Nc2ccccc2)n1)=C(Nc1nc(Nc2ccccc2)nc(Nc2ccccc2)n1)c1ccccc1S(=O)(=O)[O-].[Na+].[Na+]. The minimum atomic E-state index is -5.25. The second-order valence-electron chi connectivity index (χ2n) is 13.5. The smallest absolute Gasteiger partial charge is 0.744 e. The van der Waals surface area contributed by atoms with Crippen LogP contribution >= 0.6 is 0 Å². The zero-order chi connectivity index (χ0) is 44.5. The van der Waals surface area contributed by atoms with E-state index in [4.69, 9.17) is 0 Å². The fraction of sp³-hybridized carbons (Fsp3) is 0. The molecule has 18 nitrogen and oxygen atoms in total. The molecular formula is C44H34N12Na2O6S2. The molecule has 6 N–H and O–H groups in total. The molecule has 8 rings (SSSR count). The van der Waals surface area contributed by atoms with Crippen molar-refractivity contribution in [1.29, 1.82) is 0 Å². The van der Waals surface area contributed by atoms with Gasteiger partial charge >= 0.3 is 59.1 Å². The van der Waals surface area contributed by atoms with Crippen LogP contribution < -0.4 is 91.0 Å². The summed E-state index contributed by atoms with van der Waals surface area (Å²) in [6.45, 7) is 0. The number of para-hydroxylation sites is 4. The van der Waals surface area contributed by atoms with E-state index in [0.717, 1.165) is 12.1 Å². The molecule has 0 radical (unpaired) electrons. The molecule has 22 heteroatoms. The van der Waals surface area contributed by atoms with Crippen LogP contribution in [0.4, 0.5) is 58.4 Å². The predicted octanol–water partition coefficient (Wildman–Crippen LogP) is 1.90. The predicted molar refractivity (Wildman–Crippen MR) is 241 cm³/mol. The molecule has 0 atom stereocenters. The van der Waals surface area contributed by atoms with Crippen LogP contribution in [0.2, 0.25) is 0 Å². The third-order valence-electron chi connectivity index (χ3n) is 8.97. The molecular weight excluding hydrogens is 903 g/mol. The van der Waals surface area contributed by atoms with Crippen molar-refractivity contribution in [3.63, 3.8) is 0 Å². The van der Waals surface area contributed by atoms with Crippen molar-refractivity contribution in [1.82, 2.24) is 29.9 Å². The number of nitrogens with one attached hydrogen (secondary N) is 6. The Balaban J connectivity index is 0.00000360. The van der Waals surface area contributed by atoms with E-state index in [1.54, 1.807) is 97.1 Å². The maximum absolute atomic E-state index is 13.0. The second kappa shape index (κ2) is 22.3. The van der Waals surface area contributed by atoms with Crippen molar-refractivity contribution in [3.8, 4) is 0 Å². The van der Waals surface area contributed by atoms with Crippen LogP contribution in [0.15, 0.2) is 180 Å². The van der Waals surface area contributed by atoms with Crippen molar-refractivity contribution < 1.29 is 85.1 Å². The Morgan fingerprint density at radius 3 is 0.818 bits per heavy atom. The summed E-state index contributed by atoms with van der Waals surface area (Å²) >= 11 is 0. The monoisotopic (exact) mass is 936 g/mol. The van der Waals surface area contributed by atoms with E-state index in [9.17, 15) is 25.9 Å². The molecule has 0 aliphatic rings. The molecule has 0 fully saturated rings. The molecule has 66 heavy (non-hydrogen) atoms. The van der Waals surface area contributed by atoms with Gasteiger partial charge in [0.1, 0.15) is 20.2 Å². The average molecular weight is 937 g/mol. The standard InChI is InChI=1S/C44H36N12O6S2.2Na/c57-63(58,59)35-27-15-13-25-33(35)37(49-43-53-39(45-29-17-5-1-6-18-29)51-40(54-43)46-30-19-7-2-8-20-30)38(34-26-14-16-28-36(34)64(60,61)62)50-44-55-41(47-31-21-9-3-10-22-31)52-42(56-44)48-32-23-11-4-12-24-32;;/h1-28H,(H,57,58,59)(H,60,61,62)(H3,45,46,49,51,53,54)(H3,47,48,50,52,55,56);;/q;2*+1/p-2. The first kappa shape index (κ1) is 49.1. The van der Waals surface area contributed by atoms with Gasteiger partial charge in [0.05, 0.1) is 21.2 Å². The maximum atomic E-state index is 13.0. The summed E-state index contributed by atoms with van der Waals surface area (Å²) in [4.78, 5) is 26.0. The average Bonchev–Trinajstić information content (AvgIpc) is 3.28. The van der Waals surface area contributed by atoms with Crippen molar-refractivity contribution in [2.75, 3.05) is 31.9 Å². The van der Waals surface area contributed by atoms with E-state index >= 15 is 0 Å². The summed E-state index contributed by atoms with van der Waals surface area (Å²) in [6, 6.07) is 46.4. The van der Waals surface area contributed by atoms with Crippen LogP contribution in [0.25, 0.3) is 11.4 Å². The molecule has 0 spiro atoms. The van der Waals surface area contributed by atoms with Crippen LogP contribution in [-0.2, 0) is 20.2 Å². The topological polar surface area (TPSA) is 264 Å². The fourth-order valence-electron chi connectivity index (χ4n) is 6.22. The molecule has 0 unspecified atom stereocenters. The van der Waals surface area contributed by atoms with Crippen molar-refractivity contribution in [2.45, 2.75) is 9.79 Å². The van der Waals surface area contributed by atoms with Crippen LogP contribution in [-0.4, -0.2) is 55.8 Å². The number of hydrogen-bond donors (Lipinski definition) is 6. The van der Waals surface area contributed by atoms with E-state index in [2.05, 4.69) is 61.8 Å². The number of benzene rings is 6. The van der Waals surface area contributed by atoms with Crippen molar-refractivity contribution in [3.05, 3.63) is 181 Å². The number of nitrogens with zero attached hydrogens (tertiary/aromatic N) is 6. The molecule has 0 saturated heterocycles. The Labute approximate surface area is 424 Å². The quantitative estimate of drug-likeness (QED) is 0.0459. The summed E-state index contributed by atoms with van der Waals surface area (Å²) in [5.41, 5.74) is 1.31. The summed E-state index contributed by atoms with van der Waals surface area (Å²) in [5.74, 6) is -0.364. The van der Waals surface area contributed by atoms with Gasteiger partial charge in [-0.2, -0.15) is 29.9 Å². The molecule has 2 heterocycles. The van der Waals surface area contributed by atoms with Gasteiger partial charge in [0.2, 0.25) is 35.7 Å². The van der Waals surface area contributed by atoms with E-state index in [1.165, 1.54) is 36.4 Å². The molecule has 0 amide bonds. The third-order valence-corrected chi connectivity index (χ3v) is 10.8. The van der Waals surface area contributed by atoms with Gasteiger partial charge in [-0.15, -0.1) is 0 Å². The maximum Gasteiger partial charge on any atom is 1.00 e. The largest absolute Gasteiger partial charge is 1.00 e. The molecule has 0 bridgehead atoms. The van der Waals surface area contributed by atoms with Gasteiger partial charge in [-0.05, 0) is 60.7 Å². The Kier molecular flexibility index (Phi) is 16.6. The fourth-order valence-corrected chi connectivity index (χ4v) is 7.59. The van der Waals surface area contributed by atoms with Gasteiger partial charge in [-0.1, -0.05) is 109 Å². The minimum absolute atomic E-state index is 0. The molecule has 8 aromatic rings. The molecule has 0 aliphatic heterocycles. The van der Waals surface area contributed by atoms with Crippen LogP contribution in [0.3, 0.4) is 0 Å². The number of rotatable bonds is 16. The number of hydrogen-bond acceptors (Lipinski definition) is 18. The first-order valence-corrected chi connectivity index (χ1v) is 22.0. The first-order chi connectivity index (χ1) is 30.9. The summed E-state index contributed by atoms with van der Waals surface area (Å²) in [7, 11) is -10.5. The van der Waals surface area contributed by atoms with E-state index in [1.807, 2.05) is 24.3 Å². The number of anilines is 10. The Bertz CT molecular complexity index is 2850. The van der Waals surface area contributed by atoms with Crippen LogP contribution in [0, 0.1) is 0 Å². The van der Waals surface area contributed by atoms with Gasteiger partial charge in [0, 0.05) is 33.9 Å².